The lowest BCUT2D eigenvalue weighted by atomic mass is 10.0. The zero-order valence-electron chi connectivity index (χ0n) is 25.8. The van der Waals surface area contributed by atoms with Crippen LogP contribution in [0, 0.1) is 11.8 Å². The van der Waals surface area contributed by atoms with Crippen molar-refractivity contribution in [3.63, 3.8) is 0 Å². The summed E-state index contributed by atoms with van der Waals surface area (Å²) in [7, 11) is 0. The Balaban J connectivity index is 3.41. The number of esters is 1. The van der Waals surface area contributed by atoms with Crippen LogP contribution in [0.15, 0.2) is 12.1 Å². The average Bonchev–Trinajstić information content (AvgIpc) is 2.94. The van der Waals surface area contributed by atoms with Crippen molar-refractivity contribution in [3.05, 3.63) is 12.1 Å². The smallest absolute Gasteiger partial charge is 0.311 e. The van der Waals surface area contributed by atoms with Gasteiger partial charge in [-0.15, -0.1) is 0 Å². The SMILES string of the molecule is CCCCC(CC)COc1cc(OC(=O)CCCBr)cc(OC(CC)CCCC)c1OCC(CC)CCCC. The molecule has 0 radical (unpaired) electrons. The van der Waals surface area contributed by atoms with E-state index in [2.05, 4.69) is 57.5 Å². The molecule has 0 aliphatic carbocycles. The zero-order chi connectivity index (χ0) is 28.9. The van der Waals surface area contributed by atoms with Crippen molar-refractivity contribution in [2.24, 2.45) is 11.8 Å². The van der Waals surface area contributed by atoms with Gasteiger partial charge in [-0.25, -0.2) is 0 Å². The van der Waals surface area contributed by atoms with Gasteiger partial charge >= 0.3 is 5.97 Å². The summed E-state index contributed by atoms with van der Waals surface area (Å²) in [4.78, 5) is 12.5. The number of carbonyl (C=O) groups excluding carboxylic acids is 1. The largest absolute Gasteiger partial charge is 0.489 e. The highest BCUT2D eigenvalue weighted by Crippen LogP contribution is 2.43. The number of alkyl halides is 1. The summed E-state index contributed by atoms with van der Waals surface area (Å²) in [5.41, 5.74) is 0. The van der Waals surface area contributed by atoms with Crippen molar-refractivity contribution in [2.75, 3.05) is 18.5 Å². The molecule has 3 unspecified atom stereocenters. The summed E-state index contributed by atoms with van der Waals surface area (Å²) in [6, 6.07) is 3.64. The fourth-order valence-corrected chi connectivity index (χ4v) is 4.79. The van der Waals surface area contributed by atoms with Crippen LogP contribution in [0.3, 0.4) is 0 Å². The molecular formula is C33H57BrO5. The third kappa shape index (κ3) is 14.7. The van der Waals surface area contributed by atoms with Crippen LogP contribution in [-0.2, 0) is 4.79 Å². The standard InChI is InChI=1S/C33H57BrO5/c1-7-13-17-26(10-4)24-36-30-22-29(39-32(35)20-16-21-34)23-31(38-28(12-6)19-15-9-3)33(30)37-25-27(11-5)18-14-8-2/h22-23,26-28H,7-21,24-25H2,1-6H3. The third-order valence-electron chi connectivity index (χ3n) is 7.39. The van der Waals surface area contributed by atoms with Gasteiger partial charge in [0, 0.05) is 23.9 Å². The number of halogens is 1. The zero-order valence-corrected chi connectivity index (χ0v) is 27.4. The number of rotatable bonds is 24. The fourth-order valence-electron chi connectivity index (χ4n) is 4.50. The maximum Gasteiger partial charge on any atom is 0.311 e. The van der Waals surface area contributed by atoms with Crippen LogP contribution >= 0.6 is 15.9 Å². The van der Waals surface area contributed by atoms with Crippen molar-refractivity contribution >= 4 is 21.9 Å². The molecule has 39 heavy (non-hydrogen) atoms. The van der Waals surface area contributed by atoms with E-state index in [1.807, 2.05) is 12.1 Å². The first-order chi connectivity index (χ1) is 19.0. The number of benzene rings is 1. The second-order valence-electron chi connectivity index (χ2n) is 10.8. The van der Waals surface area contributed by atoms with Crippen LogP contribution in [0.1, 0.15) is 131 Å². The van der Waals surface area contributed by atoms with Gasteiger partial charge in [0.25, 0.3) is 0 Å². The molecule has 0 N–H and O–H groups in total. The maximum atomic E-state index is 12.5. The molecule has 226 valence electrons. The van der Waals surface area contributed by atoms with Gasteiger partial charge in [0.15, 0.2) is 11.5 Å². The molecule has 0 aromatic heterocycles. The Bertz CT molecular complexity index is 769. The molecule has 0 heterocycles. The molecule has 1 aromatic rings. The molecule has 1 aromatic carbocycles. The number of unbranched alkanes of at least 4 members (excludes halogenated alkanes) is 3. The van der Waals surface area contributed by atoms with Crippen molar-refractivity contribution in [2.45, 2.75) is 138 Å². The van der Waals surface area contributed by atoms with Gasteiger partial charge < -0.3 is 18.9 Å². The van der Waals surface area contributed by atoms with E-state index < -0.39 is 0 Å². The summed E-state index contributed by atoms with van der Waals surface area (Å²) >= 11 is 3.40. The molecule has 3 atom stereocenters. The Morgan fingerprint density at radius 3 is 1.85 bits per heavy atom. The van der Waals surface area contributed by atoms with Crippen LogP contribution in [0.4, 0.5) is 0 Å². The molecule has 0 saturated carbocycles. The lowest BCUT2D eigenvalue weighted by molar-refractivity contribution is -0.134. The second kappa shape index (κ2) is 22.3. The highest BCUT2D eigenvalue weighted by Gasteiger charge is 2.22. The van der Waals surface area contributed by atoms with Crippen molar-refractivity contribution < 1.29 is 23.7 Å². The molecule has 0 bridgehead atoms. The van der Waals surface area contributed by atoms with E-state index >= 15 is 0 Å². The van der Waals surface area contributed by atoms with Gasteiger partial charge in [0.2, 0.25) is 5.75 Å². The number of hydrogen-bond donors (Lipinski definition) is 0. The van der Waals surface area contributed by atoms with E-state index in [0.29, 0.717) is 54.5 Å². The minimum Gasteiger partial charge on any atom is -0.489 e. The monoisotopic (exact) mass is 612 g/mol. The molecule has 6 heteroatoms. The van der Waals surface area contributed by atoms with Crippen LogP contribution in [-0.4, -0.2) is 30.6 Å². The Morgan fingerprint density at radius 1 is 0.744 bits per heavy atom. The molecule has 0 saturated heterocycles. The quantitative estimate of drug-likeness (QED) is 0.0660. The summed E-state index contributed by atoms with van der Waals surface area (Å²) in [5, 5.41) is 0.764. The van der Waals surface area contributed by atoms with Gasteiger partial charge in [0.1, 0.15) is 5.75 Å². The van der Waals surface area contributed by atoms with E-state index in [-0.39, 0.29) is 12.1 Å². The van der Waals surface area contributed by atoms with E-state index in [1.165, 1.54) is 25.7 Å². The van der Waals surface area contributed by atoms with E-state index in [4.69, 9.17) is 18.9 Å². The summed E-state index contributed by atoms with van der Waals surface area (Å²) in [6.45, 7) is 14.5. The van der Waals surface area contributed by atoms with Crippen LogP contribution in [0.2, 0.25) is 0 Å². The summed E-state index contributed by atoms with van der Waals surface area (Å²) < 4.78 is 25.4. The van der Waals surface area contributed by atoms with Gasteiger partial charge in [-0.05, 0) is 43.9 Å². The molecule has 0 spiro atoms. The molecule has 0 aliphatic heterocycles. The lowest BCUT2D eigenvalue weighted by Gasteiger charge is -2.25. The first-order valence-electron chi connectivity index (χ1n) is 15.8. The molecule has 5 nitrogen and oxygen atoms in total. The van der Waals surface area contributed by atoms with Crippen molar-refractivity contribution in [3.8, 4) is 23.0 Å². The predicted molar refractivity (Wildman–Crippen MR) is 167 cm³/mol. The first-order valence-corrected chi connectivity index (χ1v) is 16.9. The number of hydrogen-bond acceptors (Lipinski definition) is 5. The van der Waals surface area contributed by atoms with Gasteiger partial charge in [0.05, 0.1) is 19.3 Å². The number of ether oxygens (including phenoxy) is 4. The van der Waals surface area contributed by atoms with Gasteiger partial charge in [-0.3, -0.25) is 4.79 Å². The van der Waals surface area contributed by atoms with Crippen LogP contribution in [0.5, 0.6) is 23.0 Å². The molecule has 0 fully saturated rings. The van der Waals surface area contributed by atoms with E-state index in [0.717, 1.165) is 63.1 Å². The minimum absolute atomic E-state index is 0.0644. The molecule has 1 rings (SSSR count). The Labute approximate surface area is 248 Å². The third-order valence-corrected chi connectivity index (χ3v) is 7.95. The van der Waals surface area contributed by atoms with Crippen molar-refractivity contribution in [1.29, 1.82) is 0 Å². The fraction of sp³-hybridized carbons (Fsp3) is 0.788. The maximum absolute atomic E-state index is 12.5. The topological polar surface area (TPSA) is 54.0 Å². The highest BCUT2D eigenvalue weighted by atomic mass is 79.9. The second-order valence-corrected chi connectivity index (χ2v) is 11.6. The molecular weight excluding hydrogens is 556 g/mol. The predicted octanol–water partition coefficient (Wildman–Crippen LogP) is 10.3. The Kier molecular flexibility index (Phi) is 20.3. The number of carbonyl (C=O) groups is 1. The van der Waals surface area contributed by atoms with Crippen molar-refractivity contribution in [1.82, 2.24) is 0 Å². The van der Waals surface area contributed by atoms with Crippen LogP contribution in [0.25, 0.3) is 0 Å². The van der Waals surface area contributed by atoms with E-state index in [9.17, 15) is 4.79 Å². The van der Waals surface area contributed by atoms with Gasteiger partial charge in [-0.1, -0.05) is 109 Å². The molecule has 0 amide bonds. The first kappa shape index (κ1) is 35.6. The summed E-state index contributed by atoms with van der Waals surface area (Å²) in [5.74, 6) is 3.02. The average molecular weight is 614 g/mol. The lowest BCUT2D eigenvalue weighted by Crippen LogP contribution is -2.18. The Hall–Kier alpha value is -1.43. The summed E-state index contributed by atoms with van der Waals surface area (Å²) in [6.07, 6.45) is 14.4. The highest BCUT2D eigenvalue weighted by molar-refractivity contribution is 9.09. The van der Waals surface area contributed by atoms with Gasteiger partial charge in [-0.2, -0.15) is 0 Å². The normalized spacial score (nSPS) is 13.5. The van der Waals surface area contributed by atoms with Crippen LogP contribution < -0.4 is 18.9 Å². The molecule has 0 aliphatic rings. The van der Waals surface area contributed by atoms with E-state index in [1.54, 1.807) is 0 Å². The minimum atomic E-state index is -0.252. The Morgan fingerprint density at radius 2 is 1.31 bits per heavy atom.